The van der Waals surface area contributed by atoms with Crippen molar-refractivity contribution in [2.45, 2.75) is 56.4 Å². The van der Waals surface area contributed by atoms with Crippen molar-refractivity contribution in [3.63, 3.8) is 0 Å². The van der Waals surface area contributed by atoms with E-state index < -0.39 is 57.4 Å². The Kier molecular flexibility index (Phi) is 7.52. The number of benzene rings is 2. The maximum Gasteiger partial charge on any atom is 0.415 e. The Balaban J connectivity index is 1.85. The molecule has 38 heavy (non-hydrogen) atoms. The van der Waals surface area contributed by atoms with E-state index in [1.165, 1.54) is 11.9 Å². The highest BCUT2D eigenvalue weighted by Gasteiger charge is 2.58. The molecule has 1 aliphatic carbocycles. The maximum absolute atomic E-state index is 13.8. The molecule has 0 spiro atoms. The van der Waals surface area contributed by atoms with Gasteiger partial charge in [-0.15, -0.1) is 0 Å². The summed E-state index contributed by atoms with van der Waals surface area (Å²) >= 11 is 0. The molecule has 0 N–H and O–H groups in total. The number of aryl methyl sites for hydroxylation is 1. The van der Waals surface area contributed by atoms with Crippen molar-refractivity contribution in [3.8, 4) is 5.75 Å². The predicted octanol–water partition coefficient (Wildman–Crippen LogP) is 4.48. The lowest BCUT2D eigenvalue weighted by Gasteiger charge is -2.41. The molecule has 2 aromatic carbocycles. The molecule has 0 radical (unpaired) electrons. The molecule has 1 unspecified atom stereocenters. The van der Waals surface area contributed by atoms with Gasteiger partial charge in [0.2, 0.25) is 11.8 Å². The summed E-state index contributed by atoms with van der Waals surface area (Å²) < 4.78 is 24.8. The van der Waals surface area contributed by atoms with Crippen molar-refractivity contribution >= 4 is 34.4 Å². The number of carbonyl (C=O) groups excluding carboxylic acids is 3. The first kappa shape index (κ1) is 27.6. The second-order valence-electron chi connectivity index (χ2n) is 10.8. The first-order valence-electron chi connectivity index (χ1n) is 12.5. The molecule has 3 amide bonds. The summed E-state index contributed by atoms with van der Waals surface area (Å²) in [4.78, 5) is 43.8. The van der Waals surface area contributed by atoms with Crippen LogP contribution >= 0.6 is 0 Å². The molecule has 1 saturated heterocycles. The normalized spacial score (nSPS) is 24.0. The van der Waals surface area contributed by atoms with Crippen molar-refractivity contribution in [1.29, 1.82) is 0 Å². The van der Waals surface area contributed by atoms with E-state index >= 15 is 0 Å². The molecule has 1 fully saturated rings. The molecule has 4 rings (SSSR count). The van der Waals surface area contributed by atoms with Gasteiger partial charge in [0.1, 0.15) is 11.4 Å². The first-order valence-corrected chi connectivity index (χ1v) is 13.7. The van der Waals surface area contributed by atoms with E-state index in [1.54, 1.807) is 77.3 Å². The quantitative estimate of drug-likeness (QED) is 0.412. The average molecular weight is 539 g/mol. The second-order valence-corrected chi connectivity index (χ2v) is 12.4. The summed E-state index contributed by atoms with van der Waals surface area (Å²) in [5.41, 5.74) is 1.38. The van der Waals surface area contributed by atoms with Gasteiger partial charge in [-0.05, 0) is 71.0 Å². The number of carbonyl (C=O) groups is 3. The van der Waals surface area contributed by atoms with Crippen LogP contribution in [0.3, 0.4) is 0 Å². The van der Waals surface area contributed by atoms with Gasteiger partial charge in [-0.1, -0.05) is 29.3 Å². The lowest BCUT2D eigenvalue weighted by Crippen LogP contribution is -2.54. The van der Waals surface area contributed by atoms with Crippen molar-refractivity contribution in [3.05, 3.63) is 65.7 Å². The molecule has 0 saturated carbocycles. The fraction of sp³-hybridized carbons (Fsp3) is 0.414. The minimum absolute atomic E-state index is 0.405. The van der Waals surface area contributed by atoms with Gasteiger partial charge in [-0.2, -0.15) is 0 Å². The number of nitrogens with zero attached hydrogens (tertiary/aromatic N) is 2. The molecular weight excluding hydrogens is 504 g/mol. The number of likely N-dealkylation sites (tertiary alicyclic amines) is 1. The SMILES string of the molecule is COc1ccc(N(C(=O)OC(C)(C)C)[C@H]2C(C)=C[C@@H](S(=O)c3ccc(C)cc3)[C@H]3C(=O)N(C)C(=O)[C@H]32)cc1. The third-order valence-electron chi connectivity index (χ3n) is 6.93. The number of imide groups is 1. The molecule has 0 aromatic heterocycles. The predicted molar refractivity (Wildman–Crippen MR) is 145 cm³/mol. The van der Waals surface area contributed by atoms with Crippen LogP contribution in [0.4, 0.5) is 10.5 Å². The van der Waals surface area contributed by atoms with Gasteiger partial charge in [-0.25, -0.2) is 4.79 Å². The Morgan fingerprint density at radius 1 is 0.947 bits per heavy atom. The van der Waals surface area contributed by atoms with Gasteiger partial charge < -0.3 is 9.47 Å². The maximum atomic E-state index is 13.8. The van der Waals surface area contributed by atoms with E-state index in [2.05, 4.69) is 0 Å². The smallest absolute Gasteiger partial charge is 0.415 e. The lowest BCUT2D eigenvalue weighted by molar-refractivity contribution is -0.138. The topological polar surface area (TPSA) is 93.2 Å². The summed E-state index contributed by atoms with van der Waals surface area (Å²) in [7, 11) is 1.39. The van der Waals surface area contributed by atoms with Crippen LogP contribution in [-0.2, 0) is 25.1 Å². The van der Waals surface area contributed by atoms with E-state index in [-0.39, 0.29) is 0 Å². The number of fused-ring (bicyclic) bond motifs is 1. The highest BCUT2D eigenvalue weighted by molar-refractivity contribution is 7.86. The van der Waals surface area contributed by atoms with Crippen LogP contribution in [0.15, 0.2) is 65.1 Å². The second kappa shape index (κ2) is 10.4. The van der Waals surface area contributed by atoms with Crippen molar-refractivity contribution in [2.75, 3.05) is 19.1 Å². The van der Waals surface area contributed by atoms with Crippen LogP contribution in [0, 0.1) is 18.8 Å². The van der Waals surface area contributed by atoms with Crippen LogP contribution in [-0.4, -0.2) is 58.1 Å². The van der Waals surface area contributed by atoms with Gasteiger partial charge in [0.15, 0.2) is 0 Å². The highest BCUT2D eigenvalue weighted by Crippen LogP contribution is 2.44. The van der Waals surface area contributed by atoms with Crippen LogP contribution in [0.1, 0.15) is 33.3 Å². The number of anilines is 1. The minimum atomic E-state index is -1.59. The zero-order valence-corrected chi connectivity index (χ0v) is 23.6. The van der Waals surface area contributed by atoms with Crippen molar-refractivity contribution in [2.24, 2.45) is 11.8 Å². The van der Waals surface area contributed by atoms with E-state index in [0.29, 0.717) is 21.9 Å². The summed E-state index contributed by atoms with van der Waals surface area (Å²) in [6.07, 6.45) is 1.14. The number of amides is 3. The minimum Gasteiger partial charge on any atom is -0.497 e. The molecule has 2 aliphatic rings. The molecule has 8 nitrogen and oxygen atoms in total. The number of ether oxygens (including phenoxy) is 2. The standard InChI is InChI=1S/C29H34N2O6S/c1-17-8-14-21(15-9-17)38(35)22-16-18(2)25(24-23(22)26(32)30(6)27(24)33)31(28(34)37-29(3,4)5)19-10-12-20(36-7)13-11-19/h8-16,22-25H,1-7H3/t22-,23-,24-,25+,38?/m1/s1. The monoisotopic (exact) mass is 538 g/mol. The number of hydrogen-bond donors (Lipinski definition) is 0. The van der Waals surface area contributed by atoms with Gasteiger partial charge >= 0.3 is 6.09 Å². The van der Waals surface area contributed by atoms with Crippen LogP contribution in [0.5, 0.6) is 5.75 Å². The first-order chi connectivity index (χ1) is 17.8. The van der Waals surface area contributed by atoms with Crippen LogP contribution < -0.4 is 9.64 Å². The molecule has 9 heteroatoms. The largest absolute Gasteiger partial charge is 0.497 e. The van der Waals surface area contributed by atoms with Crippen molar-refractivity contribution in [1.82, 2.24) is 4.90 Å². The van der Waals surface area contributed by atoms with E-state index in [1.807, 2.05) is 19.1 Å². The molecular formula is C29H34N2O6S. The van der Waals surface area contributed by atoms with Crippen LogP contribution in [0.25, 0.3) is 0 Å². The highest BCUT2D eigenvalue weighted by atomic mass is 32.2. The summed E-state index contributed by atoms with van der Waals surface area (Å²) in [5, 5.41) is -0.725. The number of hydrogen-bond acceptors (Lipinski definition) is 6. The third-order valence-corrected chi connectivity index (χ3v) is 8.59. The van der Waals surface area contributed by atoms with Crippen molar-refractivity contribution < 1.29 is 28.1 Å². The van der Waals surface area contributed by atoms with Gasteiger partial charge in [0.05, 0.1) is 41.0 Å². The molecule has 1 heterocycles. The Bertz CT molecular complexity index is 1300. The summed E-state index contributed by atoms with van der Waals surface area (Å²) in [6, 6.07) is 13.4. The van der Waals surface area contributed by atoms with E-state index in [9.17, 15) is 18.6 Å². The number of rotatable bonds is 5. The lowest BCUT2D eigenvalue weighted by atomic mass is 9.76. The van der Waals surface area contributed by atoms with Gasteiger partial charge in [0, 0.05) is 17.6 Å². The Morgan fingerprint density at radius 2 is 1.53 bits per heavy atom. The van der Waals surface area contributed by atoms with E-state index in [4.69, 9.17) is 9.47 Å². The van der Waals surface area contributed by atoms with Gasteiger partial charge in [0.25, 0.3) is 0 Å². The zero-order valence-electron chi connectivity index (χ0n) is 22.8. The molecule has 5 atom stereocenters. The summed E-state index contributed by atoms with van der Waals surface area (Å²) in [6.45, 7) is 9.04. The third kappa shape index (κ3) is 5.12. The number of methoxy groups -OCH3 is 1. The van der Waals surface area contributed by atoms with E-state index in [0.717, 1.165) is 10.5 Å². The fourth-order valence-electron chi connectivity index (χ4n) is 5.11. The summed E-state index contributed by atoms with van der Waals surface area (Å²) in [5.74, 6) is -2.03. The Hall–Kier alpha value is -3.46. The molecule has 2 aromatic rings. The molecule has 1 aliphatic heterocycles. The fourth-order valence-corrected chi connectivity index (χ4v) is 6.72. The van der Waals surface area contributed by atoms with Gasteiger partial charge in [-0.3, -0.25) is 23.6 Å². The zero-order chi connectivity index (χ0) is 27.9. The Labute approximate surface area is 226 Å². The van der Waals surface area contributed by atoms with Crippen LogP contribution in [0.2, 0.25) is 0 Å². The molecule has 0 bridgehead atoms. The molecule has 202 valence electrons. The Morgan fingerprint density at radius 3 is 2.08 bits per heavy atom. The average Bonchev–Trinajstić information content (AvgIpc) is 3.08.